The van der Waals surface area contributed by atoms with Crippen LogP contribution >= 0.6 is 0 Å². The predicted octanol–water partition coefficient (Wildman–Crippen LogP) is 5.41. The highest BCUT2D eigenvalue weighted by atomic mass is 32.2. The number of carbonyl (C=O) groups excluding carboxylic acids is 1. The number of rotatable bonds is 11. The van der Waals surface area contributed by atoms with Gasteiger partial charge in [-0.1, -0.05) is 85.5 Å². The van der Waals surface area contributed by atoms with Gasteiger partial charge >= 0.3 is 0 Å². The summed E-state index contributed by atoms with van der Waals surface area (Å²) < 4.78 is 34.3. The molecule has 0 aromatic heterocycles. The summed E-state index contributed by atoms with van der Waals surface area (Å²) in [6, 6.07) is 31.2. The highest BCUT2D eigenvalue weighted by Gasteiger charge is 2.28. The summed E-state index contributed by atoms with van der Waals surface area (Å²) in [4.78, 5) is 13.3. The Bertz CT molecular complexity index is 1520. The molecule has 8 heteroatoms. The zero-order valence-corrected chi connectivity index (χ0v) is 21.4. The fourth-order valence-electron chi connectivity index (χ4n) is 3.72. The molecule has 4 aromatic rings. The summed E-state index contributed by atoms with van der Waals surface area (Å²) in [6.07, 6.45) is 3.14. The van der Waals surface area contributed by atoms with Gasteiger partial charge in [0.1, 0.15) is 12.4 Å². The number of benzene rings is 4. The van der Waals surface area contributed by atoms with E-state index in [0.29, 0.717) is 12.4 Å². The summed E-state index contributed by atoms with van der Waals surface area (Å²) in [5.41, 5.74) is 4.42. The van der Waals surface area contributed by atoms with Crippen LogP contribution in [0.15, 0.2) is 132 Å². The van der Waals surface area contributed by atoms with E-state index >= 15 is 0 Å². The molecule has 1 N–H and O–H groups in total. The standard InChI is InChI=1S/C30H27N3O4S/c1-2-20-37-26-15-11-14-25(21-26)22-31-32-30(34)28-18-9-10-19-29(28)33(23-24-12-5-3-6-13-24)38(35,36)27-16-7-4-8-17-27/h2-19,21-22H,1,20,23H2,(H,32,34)/b31-22-. The maximum Gasteiger partial charge on any atom is 0.273 e. The first-order valence-electron chi connectivity index (χ1n) is 11.9. The van der Waals surface area contributed by atoms with E-state index in [-0.39, 0.29) is 22.7 Å². The lowest BCUT2D eigenvalue weighted by Gasteiger charge is -2.26. The van der Waals surface area contributed by atoms with Gasteiger partial charge in [-0.2, -0.15) is 5.10 Å². The van der Waals surface area contributed by atoms with Crippen LogP contribution in [0.2, 0.25) is 0 Å². The van der Waals surface area contributed by atoms with Crippen LogP contribution in [0.3, 0.4) is 0 Å². The smallest absolute Gasteiger partial charge is 0.273 e. The Kier molecular flexibility index (Phi) is 8.69. The minimum absolute atomic E-state index is 0.0448. The topological polar surface area (TPSA) is 88.1 Å². The number of carbonyl (C=O) groups is 1. The van der Waals surface area contributed by atoms with Crippen molar-refractivity contribution in [2.24, 2.45) is 5.10 Å². The number of hydrazone groups is 1. The predicted molar refractivity (Wildman–Crippen MR) is 150 cm³/mol. The van der Waals surface area contributed by atoms with Gasteiger partial charge in [0.15, 0.2) is 0 Å². The molecule has 0 unspecified atom stereocenters. The van der Waals surface area contributed by atoms with Crippen LogP contribution in [-0.4, -0.2) is 27.1 Å². The maximum atomic E-state index is 13.8. The third-order valence-corrected chi connectivity index (χ3v) is 7.30. The Morgan fingerprint density at radius 3 is 2.32 bits per heavy atom. The lowest BCUT2D eigenvalue weighted by molar-refractivity contribution is 0.0955. The van der Waals surface area contributed by atoms with E-state index in [4.69, 9.17) is 4.74 Å². The lowest BCUT2D eigenvalue weighted by atomic mass is 10.1. The van der Waals surface area contributed by atoms with Gasteiger partial charge in [0, 0.05) is 0 Å². The van der Waals surface area contributed by atoms with Gasteiger partial charge in [-0.05, 0) is 47.5 Å². The Morgan fingerprint density at radius 1 is 0.895 bits per heavy atom. The zero-order chi connectivity index (χ0) is 26.8. The normalized spacial score (nSPS) is 11.2. The molecule has 1 amide bonds. The third-order valence-electron chi connectivity index (χ3n) is 5.52. The molecule has 4 rings (SSSR count). The molecule has 7 nitrogen and oxygen atoms in total. The molecular formula is C30H27N3O4S. The van der Waals surface area contributed by atoms with Crippen LogP contribution in [0.5, 0.6) is 5.75 Å². The van der Waals surface area contributed by atoms with E-state index in [1.807, 2.05) is 48.5 Å². The molecule has 38 heavy (non-hydrogen) atoms. The monoisotopic (exact) mass is 525 g/mol. The number of nitrogens with one attached hydrogen (secondary N) is 1. The SMILES string of the molecule is C=CCOc1cccc(/C=N\NC(=O)c2ccccc2N(Cc2ccccc2)S(=O)(=O)c2ccccc2)c1. The second-order valence-electron chi connectivity index (χ2n) is 8.20. The largest absolute Gasteiger partial charge is 0.490 e. The Hall–Kier alpha value is -4.69. The Balaban J connectivity index is 1.63. The number of anilines is 1. The molecule has 0 aliphatic carbocycles. The van der Waals surface area contributed by atoms with Crippen molar-refractivity contribution in [2.45, 2.75) is 11.4 Å². The van der Waals surface area contributed by atoms with Crippen LogP contribution in [0, 0.1) is 0 Å². The van der Waals surface area contributed by atoms with E-state index in [9.17, 15) is 13.2 Å². The van der Waals surface area contributed by atoms with E-state index in [2.05, 4.69) is 17.1 Å². The highest BCUT2D eigenvalue weighted by Crippen LogP contribution is 2.29. The molecule has 192 valence electrons. The van der Waals surface area contributed by atoms with Gasteiger partial charge in [-0.25, -0.2) is 13.8 Å². The van der Waals surface area contributed by atoms with Crippen LogP contribution in [0.4, 0.5) is 5.69 Å². The van der Waals surface area contributed by atoms with E-state index in [1.54, 1.807) is 54.6 Å². The fraction of sp³-hybridized carbons (Fsp3) is 0.0667. The number of nitrogens with zero attached hydrogens (tertiary/aromatic N) is 2. The molecular weight excluding hydrogens is 498 g/mol. The van der Waals surface area contributed by atoms with Crippen molar-refractivity contribution >= 4 is 27.8 Å². The summed E-state index contributed by atoms with van der Waals surface area (Å²) in [6.45, 7) is 4.05. The van der Waals surface area contributed by atoms with Crippen LogP contribution in [0.1, 0.15) is 21.5 Å². The number of hydrogen-bond acceptors (Lipinski definition) is 5. The van der Waals surface area contributed by atoms with E-state index in [1.165, 1.54) is 22.7 Å². The van der Waals surface area contributed by atoms with Crippen LogP contribution in [0.25, 0.3) is 0 Å². The second kappa shape index (κ2) is 12.5. The molecule has 0 saturated heterocycles. The molecule has 0 fully saturated rings. The Labute approximate surface area is 222 Å². The average Bonchev–Trinajstić information content (AvgIpc) is 2.96. The fourth-order valence-corrected chi connectivity index (χ4v) is 5.21. The van der Waals surface area contributed by atoms with E-state index < -0.39 is 15.9 Å². The quantitative estimate of drug-likeness (QED) is 0.161. The van der Waals surface area contributed by atoms with Gasteiger partial charge in [-0.15, -0.1) is 0 Å². The molecule has 0 bridgehead atoms. The number of hydrogen-bond donors (Lipinski definition) is 1. The summed E-state index contributed by atoms with van der Waals surface area (Å²) in [5.74, 6) is 0.102. The molecule has 0 heterocycles. The van der Waals surface area contributed by atoms with Crippen LogP contribution < -0.4 is 14.5 Å². The molecule has 0 radical (unpaired) electrons. The van der Waals surface area contributed by atoms with Gasteiger partial charge in [0.2, 0.25) is 0 Å². The van der Waals surface area contributed by atoms with Crippen LogP contribution in [-0.2, 0) is 16.6 Å². The highest BCUT2D eigenvalue weighted by molar-refractivity contribution is 7.92. The molecule has 0 atom stereocenters. The number of amides is 1. The van der Waals surface area contributed by atoms with Crippen molar-refractivity contribution in [1.82, 2.24) is 5.43 Å². The number of para-hydroxylation sites is 1. The average molecular weight is 526 g/mol. The summed E-state index contributed by atoms with van der Waals surface area (Å²) in [7, 11) is -3.99. The van der Waals surface area contributed by atoms with Gasteiger partial charge in [0.25, 0.3) is 15.9 Å². The second-order valence-corrected chi connectivity index (χ2v) is 10.1. The first kappa shape index (κ1) is 26.4. The summed E-state index contributed by atoms with van der Waals surface area (Å²) in [5, 5.41) is 4.08. The lowest BCUT2D eigenvalue weighted by Crippen LogP contribution is -2.33. The van der Waals surface area contributed by atoms with Crippen molar-refractivity contribution in [3.8, 4) is 5.75 Å². The van der Waals surface area contributed by atoms with Crippen molar-refractivity contribution in [3.63, 3.8) is 0 Å². The molecule has 0 saturated carbocycles. The van der Waals surface area contributed by atoms with Crippen molar-refractivity contribution in [1.29, 1.82) is 0 Å². The third kappa shape index (κ3) is 6.54. The van der Waals surface area contributed by atoms with Gasteiger partial charge in [-0.3, -0.25) is 9.10 Å². The van der Waals surface area contributed by atoms with Gasteiger partial charge in [0.05, 0.1) is 28.9 Å². The molecule has 0 aliphatic rings. The van der Waals surface area contributed by atoms with Gasteiger partial charge < -0.3 is 4.74 Å². The van der Waals surface area contributed by atoms with Crippen molar-refractivity contribution in [2.75, 3.05) is 10.9 Å². The number of ether oxygens (including phenoxy) is 1. The Morgan fingerprint density at radius 2 is 1.58 bits per heavy atom. The van der Waals surface area contributed by atoms with E-state index in [0.717, 1.165) is 11.1 Å². The minimum atomic E-state index is -3.99. The molecule has 4 aromatic carbocycles. The minimum Gasteiger partial charge on any atom is -0.490 e. The maximum absolute atomic E-state index is 13.8. The van der Waals surface area contributed by atoms with Crippen molar-refractivity contribution in [3.05, 3.63) is 139 Å². The number of sulfonamides is 1. The molecule has 0 spiro atoms. The zero-order valence-electron chi connectivity index (χ0n) is 20.6. The first-order valence-corrected chi connectivity index (χ1v) is 13.3. The summed E-state index contributed by atoms with van der Waals surface area (Å²) >= 11 is 0. The van der Waals surface area contributed by atoms with Crippen molar-refractivity contribution < 1.29 is 17.9 Å². The first-order chi connectivity index (χ1) is 18.5. The molecule has 0 aliphatic heterocycles.